The minimum absolute atomic E-state index is 0.00776. The molecule has 0 aromatic carbocycles. The number of nitrogens with zero attached hydrogens (tertiary/aromatic N) is 2. The van der Waals surface area contributed by atoms with Crippen molar-refractivity contribution in [2.45, 2.75) is 32.0 Å². The Kier molecular flexibility index (Phi) is 3.44. The highest BCUT2D eigenvalue weighted by Crippen LogP contribution is 2.18. The van der Waals surface area contributed by atoms with Gasteiger partial charge in [-0.3, -0.25) is 20.1 Å². The zero-order valence-electron chi connectivity index (χ0n) is 10.0. The molecule has 6 nitrogen and oxygen atoms in total. The minimum Gasteiger partial charge on any atom is -0.352 e. The third kappa shape index (κ3) is 2.65. The Morgan fingerprint density at radius 3 is 3.12 bits per heavy atom. The van der Waals surface area contributed by atoms with Crippen molar-refractivity contribution in [1.82, 2.24) is 15.2 Å². The Labute approximate surface area is 101 Å². The highest BCUT2D eigenvalue weighted by atomic mass is 16.1. The number of carbonyl (C=O) groups excluding carboxylic acids is 1. The van der Waals surface area contributed by atoms with E-state index in [9.17, 15) is 4.79 Å². The van der Waals surface area contributed by atoms with E-state index in [1.807, 2.05) is 12.2 Å². The van der Waals surface area contributed by atoms with Crippen LogP contribution in [0.25, 0.3) is 0 Å². The fraction of sp³-hybridized carbons (Fsp3) is 0.636. The highest BCUT2D eigenvalue weighted by molar-refractivity contribution is 5.81. The van der Waals surface area contributed by atoms with Crippen molar-refractivity contribution in [2.24, 2.45) is 5.84 Å². The molecular weight excluding hydrogens is 218 g/mol. The van der Waals surface area contributed by atoms with Gasteiger partial charge in [0.1, 0.15) is 12.0 Å². The van der Waals surface area contributed by atoms with Gasteiger partial charge in [-0.1, -0.05) is 6.08 Å². The largest absolute Gasteiger partial charge is 0.352 e. The van der Waals surface area contributed by atoms with Crippen molar-refractivity contribution in [1.29, 1.82) is 5.41 Å². The summed E-state index contributed by atoms with van der Waals surface area (Å²) >= 11 is 0. The predicted octanol–water partition coefficient (Wildman–Crippen LogP) is -0.364. The third-order valence-corrected chi connectivity index (χ3v) is 3.22. The Bertz CT molecular complexity index is 354. The van der Waals surface area contributed by atoms with Crippen LogP contribution < -0.4 is 11.2 Å². The van der Waals surface area contributed by atoms with E-state index in [1.54, 1.807) is 0 Å². The fourth-order valence-electron chi connectivity index (χ4n) is 2.39. The lowest BCUT2D eigenvalue weighted by Gasteiger charge is -2.36. The van der Waals surface area contributed by atoms with Gasteiger partial charge in [-0.2, -0.15) is 0 Å². The molecule has 94 valence electrons. The van der Waals surface area contributed by atoms with Gasteiger partial charge < -0.3 is 5.32 Å². The maximum atomic E-state index is 11.0. The number of hydrogen-bond donors (Lipinski definition) is 3. The molecule has 0 aromatic rings. The van der Waals surface area contributed by atoms with Gasteiger partial charge >= 0.3 is 0 Å². The second-order valence-electron chi connectivity index (χ2n) is 4.58. The first-order chi connectivity index (χ1) is 8.08. The third-order valence-electron chi connectivity index (χ3n) is 3.22. The summed E-state index contributed by atoms with van der Waals surface area (Å²) in [5.74, 6) is 6.32. The van der Waals surface area contributed by atoms with Gasteiger partial charge in [0.25, 0.3) is 0 Å². The molecule has 1 saturated heterocycles. The molecule has 1 fully saturated rings. The van der Waals surface area contributed by atoms with E-state index < -0.39 is 0 Å². The van der Waals surface area contributed by atoms with Crippen molar-refractivity contribution < 1.29 is 4.79 Å². The number of nitrogens with one attached hydrogen (secondary N) is 2. The number of hydrazine groups is 1. The summed E-state index contributed by atoms with van der Waals surface area (Å²) in [4.78, 5) is 13.2. The minimum atomic E-state index is -0.0463. The molecule has 0 aromatic heterocycles. The molecule has 17 heavy (non-hydrogen) atoms. The lowest BCUT2D eigenvalue weighted by molar-refractivity contribution is -0.119. The molecule has 0 saturated carbocycles. The van der Waals surface area contributed by atoms with Gasteiger partial charge in [-0.25, -0.2) is 5.84 Å². The summed E-state index contributed by atoms with van der Waals surface area (Å²) in [6.07, 6.45) is 5.48. The Morgan fingerprint density at radius 2 is 2.41 bits per heavy atom. The van der Waals surface area contributed by atoms with E-state index in [4.69, 9.17) is 11.3 Å². The summed E-state index contributed by atoms with van der Waals surface area (Å²) in [6.45, 7) is 3.21. The monoisotopic (exact) mass is 237 g/mol. The molecule has 0 aliphatic carbocycles. The molecule has 2 unspecified atom stereocenters. The number of nitrogens with two attached hydrogens (primary N) is 1. The van der Waals surface area contributed by atoms with E-state index in [2.05, 4.69) is 10.2 Å². The molecule has 1 amide bonds. The molecule has 2 aliphatic rings. The van der Waals surface area contributed by atoms with Crippen molar-refractivity contribution in [3.8, 4) is 0 Å². The zero-order valence-corrected chi connectivity index (χ0v) is 10.0. The normalized spacial score (nSPS) is 29.8. The van der Waals surface area contributed by atoms with Gasteiger partial charge in [-0.15, -0.1) is 0 Å². The van der Waals surface area contributed by atoms with Crippen molar-refractivity contribution in [2.75, 3.05) is 13.1 Å². The summed E-state index contributed by atoms with van der Waals surface area (Å²) < 4.78 is 0. The highest BCUT2D eigenvalue weighted by Gasteiger charge is 2.31. The number of likely N-dealkylation sites (tertiary alicyclic amines) is 1. The number of amidine groups is 1. The average Bonchev–Trinajstić information content (AvgIpc) is 2.69. The SMILES string of the molecule is CC(=O)NC1CCN(C2C=CCC(=N)N2N)C1. The van der Waals surface area contributed by atoms with Gasteiger partial charge in [-0.05, 0) is 12.5 Å². The molecule has 0 bridgehead atoms. The topological polar surface area (TPSA) is 85.5 Å². The summed E-state index contributed by atoms with van der Waals surface area (Å²) in [5, 5.41) is 12.1. The molecule has 2 rings (SSSR count). The van der Waals surface area contributed by atoms with Crippen molar-refractivity contribution in [3.05, 3.63) is 12.2 Å². The van der Waals surface area contributed by atoms with Crippen LogP contribution in [0.2, 0.25) is 0 Å². The smallest absolute Gasteiger partial charge is 0.217 e. The van der Waals surface area contributed by atoms with Gasteiger partial charge in [0, 0.05) is 32.5 Å². The van der Waals surface area contributed by atoms with E-state index >= 15 is 0 Å². The average molecular weight is 237 g/mol. The molecule has 2 atom stereocenters. The quantitative estimate of drug-likeness (QED) is 0.452. The number of amides is 1. The molecule has 2 heterocycles. The number of rotatable bonds is 2. The van der Waals surface area contributed by atoms with Crippen LogP contribution >= 0.6 is 0 Å². The van der Waals surface area contributed by atoms with E-state index in [0.29, 0.717) is 12.3 Å². The molecule has 2 aliphatic heterocycles. The summed E-state index contributed by atoms with van der Waals surface area (Å²) in [5.41, 5.74) is 0. The lowest BCUT2D eigenvalue weighted by atomic mass is 10.2. The van der Waals surface area contributed by atoms with E-state index in [-0.39, 0.29) is 18.1 Å². The fourth-order valence-corrected chi connectivity index (χ4v) is 2.39. The first-order valence-electron chi connectivity index (χ1n) is 5.87. The summed E-state index contributed by atoms with van der Waals surface area (Å²) in [7, 11) is 0. The lowest BCUT2D eigenvalue weighted by Crippen LogP contribution is -2.54. The molecule has 0 spiro atoms. The molecular formula is C11H19N5O. The van der Waals surface area contributed by atoms with Gasteiger partial charge in [0.05, 0.1) is 0 Å². The second kappa shape index (κ2) is 4.85. The van der Waals surface area contributed by atoms with Gasteiger partial charge in [0.2, 0.25) is 5.91 Å². The van der Waals surface area contributed by atoms with Crippen LogP contribution in [0.15, 0.2) is 12.2 Å². The molecule has 0 radical (unpaired) electrons. The Hall–Kier alpha value is -1.40. The second-order valence-corrected chi connectivity index (χ2v) is 4.58. The number of hydrogen-bond acceptors (Lipinski definition) is 4. The summed E-state index contributed by atoms with van der Waals surface area (Å²) in [6, 6.07) is 0.199. The van der Waals surface area contributed by atoms with Crippen LogP contribution in [0.3, 0.4) is 0 Å². The maximum absolute atomic E-state index is 11.0. The van der Waals surface area contributed by atoms with Crippen LogP contribution in [0.1, 0.15) is 19.8 Å². The Morgan fingerprint density at radius 1 is 1.65 bits per heavy atom. The standard InChI is InChI=1S/C11H19N5O/c1-8(17)14-9-5-6-15(7-9)11-4-2-3-10(12)16(11)13/h2,4,9,11-12H,3,5-7,13H2,1H3,(H,14,17). The van der Waals surface area contributed by atoms with Crippen LogP contribution in [-0.4, -0.2) is 46.9 Å². The van der Waals surface area contributed by atoms with Gasteiger partial charge in [0.15, 0.2) is 0 Å². The van der Waals surface area contributed by atoms with Crippen LogP contribution in [0.4, 0.5) is 0 Å². The zero-order chi connectivity index (χ0) is 12.4. The Balaban J connectivity index is 1.96. The van der Waals surface area contributed by atoms with Crippen LogP contribution in [-0.2, 0) is 4.79 Å². The molecule has 6 heteroatoms. The first-order valence-corrected chi connectivity index (χ1v) is 5.87. The first kappa shape index (κ1) is 12.1. The maximum Gasteiger partial charge on any atom is 0.217 e. The van der Waals surface area contributed by atoms with E-state index in [0.717, 1.165) is 19.5 Å². The van der Waals surface area contributed by atoms with Crippen LogP contribution in [0, 0.1) is 5.41 Å². The van der Waals surface area contributed by atoms with Crippen LogP contribution in [0.5, 0.6) is 0 Å². The van der Waals surface area contributed by atoms with E-state index in [1.165, 1.54) is 11.9 Å². The molecule has 4 N–H and O–H groups in total. The predicted molar refractivity (Wildman–Crippen MR) is 65.1 cm³/mol. The number of carbonyl (C=O) groups is 1. The van der Waals surface area contributed by atoms with Crippen molar-refractivity contribution in [3.63, 3.8) is 0 Å². The van der Waals surface area contributed by atoms with Crippen molar-refractivity contribution >= 4 is 11.7 Å².